The molecule has 0 unspecified atom stereocenters. The number of nitrogens with one attached hydrogen (secondary N) is 1. The Morgan fingerprint density at radius 2 is 2.00 bits per heavy atom. The van der Waals surface area contributed by atoms with Gasteiger partial charge in [-0.3, -0.25) is 9.69 Å². The van der Waals surface area contributed by atoms with Gasteiger partial charge in [0.25, 0.3) is 5.91 Å². The van der Waals surface area contributed by atoms with Crippen LogP contribution < -0.4 is 10.1 Å². The van der Waals surface area contributed by atoms with Crippen LogP contribution in [-0.2, 0) is 6.61 Å². The van der Waals surface area contributed by atoms with E-state index in [4.69, 9.17) is 16.3 Å². The minimum atomic E-state index is -4.22. The Labute approximate surface area is 170 Å². The first kappa shape index (κ1) is 22.4. The highest BCUT2D eigenvalue weighted by atomic mass is 35.5. The molecule has 28 heavy (non-hydrogen) atoms. The first-order valence-electron chi connectivity index (χ1n) is 8.52. The molecule has 0 spiro atoms. The molecule has 0 saturated heterocycles. The van der Waals surface area contributed by atoms with Gasteiger partial charge in [0.05, 0.1) is 12.2 Å². The molecule has 0 saturated carbocycles. The van der Waals surface area contributed by atoms with E-state index in [1.165, 1.54) is 23.3 Å². The normalized spacial score (nSPS) is 11.7. The molecule has 1 heterocycles. The molecule has 0 fully saturated rings. The van der Waals surface area contributed by atoms with Crippen molar-refractivity contribution in [2.45, 2.75) is 26.1 Å². The Morgan fingerprint density at radius 3 is 2.64 bits per heavy atom. The SMILES string of the molecule is Cc1nc(COc2ccc(Cl)cc2)sc1C(=O)NCCCN(C)CC(F)(F)F. The third-order valence-corrected chi connectivity index (χ3v) is 5.06. The standard InChI is InChI=1S/C18H21ClF3N3O2S/c1-12-16(17(26)23-8-3-9-25(2)11-18(20,21)22)28-15(24-12)10-27-14-6-4-13(19)5-7-14/h4-7H,3,8-11H2,1-2H3,(H,23,26). The third-order valence-electron chi connectivity index (χ3n) is 3.67. The number of rotatable bonds is 9. The van der Waals surface area contributed by atoms with Crippen molar-refractivity contribution in [3.05, 3.63) is 44.9 Å². The molecular formula is C18H21ClF3N3O2S. The summed E-state index contributed by atoms with van der Waals surface area (Å²) in [7, 11) is 1.40. The lowest BCUT2D eigenvalue weighted by molar-refractivity contribution is -0.143. The van der Waals surface area contributed by atoms with Crippen molar-refractivity contribution in [2.24, 2.45) is 0 Å². The number of aromatic nitrogens is 1. The average molecular weight is 436 g/mol. The number of halogens is 4. The van der Waals surface area contributed by atoms with Crippen LogP contribution in [0.25, 0.3) is 0 Å². The molecule has 1 N–H and O–H groups in total. The highest BCUT2D eigenvalue weighted by molar-refractivity contribution is 7.13. The molecule has 0 atom stereocenters. The fourth-order valence-corrected chi connectivity index (χ4v) is 3.44. The van der Waals surface area contributed by atoms with E-state index in [9.17, 15) is 18.0 Å². The number of hydrogen-bond donors (Lipinski definition) is 1. The summed E-state index contributed by atoms with van der Waals surface area (Å²) in [5, 5.41) is 3.99. The molecule has 10 heteroatoms. The summed E-state index contributed by atoms with van der Waals surface area (Å²) < 4.78 is 42.4. The minimum Gasteiger partial charge on any atom is -0.486 e. The predicted molar refractivity (Wildman–Crippen MR) is 103 cm³/mol. The zero-order chi connectivity index (χ0) is 20.7. The summed E-state index contributed by atoms with van der Waals surface area (Å²) in [4.78, 5) is 18.3. The van der Waals surface area contributed by atoms with Gasteiger partial charge >= 0.3 is 6.18 Å². The van der Waals surface area contributed by atoms with Gasteiger partial charge in [-0.2, -0.15) is 13.2 Å². The predicted octanol–water partition coefficient (Wildman–Crippen LogP) is 4.30. The van der Waals surface area contributed by atoms with Crippen LogP contribution in [0.1, 0.15) is 26.8 Å². The monoisotopic (exact) mass is 435 g/mol. The van der Waals surface area contributed by atoms with E-state index in [0.29, 0.717) is 32.8 Å². The maximum atomic E-state index is 12.3. The van der Waals surface area contributed by atoms with E-state index in [-0.39, 0.29) is 25.6 Å². The number of carbonyl (C=O) groups excluding carboxylic acids is 1. The van der Waals surface area contributed by atoms with Crippen LogP contribution in [-0.4, -0.2) is 48.6 Å². The van der Waals surface area contributed by atoms with Gasteiger partial charge in [0.15, 0.2) is 0 Å². The number of aryl methyl sites for hydroxylation is 1. The van der Waals surface area contributed by atoms with Crippen LogP contribution in [0.2, 0.25) is 5.02 Å². The van der Waals surface area contributed by atoms with Gasteiger partial charge in [-0.1, -0.05) is 11.6 Å². The summed E-state index contributed by atoms with van der Waals surface area (Å²) in [6, 6.07) is 6.92. The number of thiazole rings is 1. The maximum Gasteiger partial charge on any atom is 0.401 e. The van der Waals surface area contributed by atoms with Crippen LogP contribution >= 0.6 is 22.9 Å². The van der Waals surface area contributed by atoms with Gasteiger partial charge in [0, 0.05) is 11.6 Å². The van der Waals surface area contributed by atoms with Gasteiger partial charge in [0.2, 0.25) is 0 Å². The second-order valence-electron chi connectivity index (χ2n) is 6.23. The van der Waals surface area contributed by atoms with Crippen molar-refractivity contribution in [3.8, 4) is 5.75 Å². The molecule has 0 aliphatic rings. The Kier molecular flexibility index (Phi) is 8.09. The Balaban J connectivity index is 1.78. The molecule has 2 aromatic rings. The highest BCUT2D eigenvalue weighted by Crippen LogP contribution is 2.21. The summed E-state index contributed by atoms with van der Waals surface area (Å²) in [6.45, 7) is 1.51. The highest BCUT2D eigenvalue weighted by Gasteiger charge is 2.28. The molecule has 1 aromatic heterocycles. The first-order chi connectivity index (χ1) is 13.1. The second-order valence-corrected chi connectivity index (χ2v) is 7.75. The van der Waals surface area contributed by atoms with Gasteiger partial charge in [-0.25, -0.2) is 4.98 Å². The first-order valence-corrected chi connectivity index (χ1v) is 9.71. The van der Waals surface area contributed by atoms with Crippen LogP contribution in [0.15, 0.2) is 24.3 Å². The number of alkyl halides is 3. The van der Waals surface area contributed by atoms with E-state index < -0.39 is 12.7 Å². The maximum absolute atomic E-state index is 12.3. The Bertz CT molecular complexity index is 781. The van der Waals surface area contributed by atoms with Crippen molar-refractivity contribution in [1.82, 2.24) is 15.2 Å². The lowest BCUT2D eigenvalue weighted by Gasteiger charge is -2.18. The molecule has 1 aromatic carbocycles. The topological polar surface area (TPSA) is 54.5 Å². The van der Waals surface area contributed by atoms with Crippen LogP contribution in [0.3, 0.4) is 0 Å². The van der Waals surface area contributed by atoms with Crippen molar-refractivity contribution in [3.63, 3.8) is 0 Å². The Morgan fingerprint density at radius 1 is 1.32 bits per heavy atom. The van der Waals surface area contributed by atoms with E-state index in [1.54, 1.807) is 31.2 Å². The van der Waals surface area contributed by atoms with Crippen molar-refractivity contribution in [1.29, 1.82) is 0 Å². The summed E-state index contributed by atoms with van der Waals surface area (Å²) in [6.07, 6.45) is -3.80. The zero-order valence-electron chi connectivity index (χ0n) is 15.5. The molecule has 1 amide bonds. The van der Waals surface area contributed by atoms with E-state index >= 15 is 0 Å². The smallest absolute Gasteiger partial charge is 0.401 e. The second kappa shape index (κ2) is 10.1. The van der Waals surface area contributed by atoms with Gasteiger partial charge in [-0.15, -0.1) is 11.3 Å². The van der Waals surface area contributed by atoms with Gasteiger partial charge in [0.1, 0.15) is 22.2 Å². The average Bonchev–Trinajstić information content (AvgIpc) is 2.97. The molecule has 154 valence electrons. The van der Waals surface area contributed by atoms with E-state index in [0.717, 1.165) is 0 Å². The number of carbonyl (C=O) groups is 1. The lowest BCUT2D eigenvalue weighted by Crippen LogP contribution is -2.33. The number of ether oxygens (including phenoxy) is 1. The molecule has 0 bridgehead atoms. The molecule has 0 aliphatic heterocycles. The Hall–Kier alpha value is -1.84. The van der Waals surface area contributed by atoms with Gasteiger partial charge in [-0.05, 0) is 51.2 Å². The summed E-state index contributed by atoms with van der Waals surface area (Å²) >= 11 is 7.05. The summed E-state index contributed by atoms with van der Waals surface area (Å²) in [5.41, 5.74) is 0.589. The molecule has 0 aliphatic carbocycles. The number of nitrogens with zero attached hydrogens (tertiary/aromatic N) is 2. The number of amides is 1. The van der Waals surface area contributed by atoms with Crippen molar-refractivity contribution < 1.29 is 22.7 Å². The van der Waals surface area contributed by atoms with Crippen LogP contribution in [0.4, 0.5) is 13.2 Å². The molecular weight excluding hydrogens is 415 g/mol. The molecule has 0 radical (unpaired) electrons. The minimum absolute atomic E-state index is 0.225. The van der Waals surface area contributed by atoms with Gasteiger partial charge < -0.3 is 10.1 Å². The third kappa shape index (κ3) is 7.65. The quantitative estimate of drug-likeness (QED) is 0.597. The summed E-state index contributed by atoms with van der Waals surface area (Å²) in [5.74, 6) is 0.359. The van der Waals surface area contributed by atoms with Crippen molar-refractivity contribution in [2.75, 3.05) is 26.7 Å². The molecule has 2 rings (SSSR count). The van der Waals surface area contributed by atoms with E-state index in [2.05, 4.69) is 10.3 Å². The van der Waals surface area contributed by atoms with E-state index in [1.807, 2.05) is 0 Å². The van der Waals surface area contributed by atoms with Crippen LogP contribution in [0.5, 0.6) is 5.75 Å². The van der Waals surface area contributed by atoms with Crippen molar-refractivity contribution >= 4 is 28.8 Å². The fourth-order valence-electron chi connectivity index (χ4n) is 2.42. The largest absolute Gasteiger partial charge is 0.486 e. The number of benzene rings is 1. The zero-order valence-corrected chi connectivity index (χ0v) is 17.0. The lowest BCUT2D eigenvalue weighted by atomic mass is 10.3. The molecule has 5 nitrogen and oxygen atoms in total. The van der Waals surface area contributed by atoms with Crippen LogP contribution in [0, 0.1) is 6.92 Å². The number of hydrogen-bond acceptors (Lipinski definition) is 5. The fraction of sp³-hybridized carbons (Fsp3) is 0.444.